The van der Waals surface area contributed by atoms with E-state index in [2.05, 4.69) is 15.9 Å². The van der Waals surface area contributed by atoms with Crippen molar-refractivity contribution in [1.82, 2.24) is 4.48 Å². The van der Waals surface area contributed by atoms with Crippen molar-refractivity contribution in [3.8, 4) is 0 Å². The van der Waals surface area contributed by atoms with Crippen LogP contribution in [0.3, 0.4) is 0 Å². The van der Waals surface area contributed by atoms with Gasteiger partial charge in [-0.1, -0.05) is 0 Å². The highest BCUT2D eigenvalue weighted by Crippen LogP contribution is 2.46. The molecule has 0 amide bonds. The topological polar surface area (TPSA) is 7.94 Å². The third-order valence-electron chi connectivity index (χ3n) is 4.78. The Kier molecular flexibility index (Phi) is 3.35. The van der Waals surface area contributed by atoms with Gasteiger partial charge in [0.25, 0.3) is 0 Å². The molecule has 0 spiro atoms. The molecule has 0 saturated heterocycles. The number of fused-ring (bicyclic) bond motifs is 2. The molecular formula is C17H16BBrF2N2S. The molecule has 0 N–H and O–H groups in total. The molecule has 2 aromatic rings. The highest BCUT2D eigenvalue weighted by atomic mass is 79.9. The van der Waals surface area contributed by atoms with Crippen molar-refractivity contribution in [1.29, 1.82) is 0 Å². The van der Waals surface area contributed by atoms with Crippen LogP contribution in [0.4, 0.5) is 8.63 Å². The first-order valence-electron chi connectivity index (χ1n) is 7.75. The Morgan fingerprint density at radius 3 is 2.54 bits per heavy atom. The number of aromatic nitrogens is 1. The van der Waals surface area contributed by atoms with Crippen molar-refractivity contribution in [2.24, 2.45) is 0 Å². The van der Waals surface area contributed by atoms with Gasteiger partial charge in [-0.3, -0.25) is 0 Å². The van der Waals surface area contributed by atoms with E-state index in [4.69, 9.17) is 0 Å². The van der Waals surface area contributed by atoms with E-state index in [9.17, 15) is 0 Å². The Morgan fingerprint density at radius 1 is 1.21 bits per heavy atom. The second kappa shape index (κ2) is 5.02. The second-order valence-corrected chi connectivity index (χ2v) is 8.21. The minimum Gasteiger partial charge on any atom is -0.393 e. The number of halogens is 3. The maximum absolute atomic E-state index is 15.4. The van der Waals surface area contributed by atoms with Crippen LogP contribution in [0, 0.1) is 13.8 Å². The Hall–Kier alpha value is -1.47. The number of nitrogens with zero attached hydrogens (tertiary/aromatic N) is 2. The highest BCUT2D eigenvalue weighted by molar-refractivity contribution is 9.10. The Morgan fingerprint density at radius 2 is 1.92 bits per heavy atom. The first-order valence-corrected chi connectivity index (χ1v) is 9.43. The van der Waals surface area contributed by atoms with E-state index in [1.807, 2.05) is 37.4 Å². The lowest BCUT2D eigenvalue weighted by Crippen LogP contribution is -2.51. The van der Waals surface area contributed by atoms with Crippen LogP contribution in [0.15, 0.2) is 39.3 Å². The normalized spacial score (nSPS) is 18.9. The largest absolute Gasteiger partial charge is 0.737 e. The number of hydrogen-bond acceptors (Lipinski definition) is 1. The summed E-state index contributed by atoms with van der Waals surface area (Å²) >= 11 is 5.16. The molecule has 2 aliphatic rings. The van der Waals surface area contributed by atoms with Crippen molar-refractivity contribution in [2.75, 3.05) is 0 Å². The summed E-state index contributed by atoms with van der Waals surface area (Å²) in [5.41, 5.74) is 5.11. The van der Waals surface area contributed by atoms with Gasteiger partial charge in [0, 0.05) is 28.7 Å². The second-order valence-electron chi connectivity index (χ2n) is 6.44. The molecule has 2 aromatic heterocycles. The van der Waals surface area contributed by atoms with E-state index in [1.165, 1.54) is 8.96 Å². The quantitative estimate of drug-likeness (QED) is 0.561. The maximum Gasteiger partial charge on any atom is 0.737 e. The number of aryl methyl sites for hydroxylation is 2. The van der Waals surface area contributed by atoms with Gasteiger partial charge < -0.3 is 17.6 Å². The van der Waals surface area contributed by atoms with Crippen molar-refractivity contribution in [3.05, 3.63) is 61.2 Å². The molecule has 4 heterocycles. The van der Waals surface area contributed by atoms with Gasteiger partial charge in [-0.25, -0.2) is 0 Å². The van der Waals surface area contributed by atoms with Crippen LogP contribution in [0.2, 0.25) is 0 Å². The zero-order valence-electron chi connectivity index (χ0n) is 13.8. The van der Waals surface area contributed by atoms with Gasteiger partial charge in [0.05, 0.1) is 10.5 Å². The molecule has 2 nitrogen and oxygen atoms in total. The van der Waals surface area contributed by atoms with Crippen LogP contribution < -0.4 is 0 Å². The summed E-state index contributed by atoms with van der Waals surface area (Å²) in [6.07, 6.45) is 1.85. The fourth-order valence-corrected chi connectivity index (χ4v) is 5.60. The van der Waals surface area contributed by atoms with Crippen LogP contribution in [0.5, 0.6) is 0 Å². The maximum atomic E-state index is 15.4. The average molecular weight is 409 g/mol. The molecule has 0 aromatic carbocycles. The summed E-state index contributed by atoms with van der Waals surface area (Å²) in [6.45, 7) is 3.43. The van der Waals surface area contributed by atoms with Crippen molar-refractivity contribution >= 4 is 45.5 Å². The standard InChI is InChI=1S/C17H16BBrF2N2S/c1-9-7-11(3)22-15(9)14(17-13(19)5-6-24-17)16-10(2)8-12(4)23(16)18(22,20)21/h5-8H,1-4H3. The van der Waals surface area contributed by atoms with E-state index in [-0.39, 0.29) is 0 Å². The lowest BCUT2D eigenvalue weighted by atomic mass is 9.85. The molecule has 0 atom stereocenters. The van der Waals surface area contributed by atoms with E-state index in [0.717, 1.165) is 26.1 Å². The first kappa shape index (κ1) is 16.0. The lowest BCUT2D eigenvalue weighted by molar-refractivity contribution is -0.363. The van der Waals surface area contributed by atoms with E-state index in [0.29, 0.717) is 22.8 Å². The highest BCUT2D eigenvalue weighted by Gasteiger charge is 2.55. The van der Waals surface area contributed by atoms with Crippen LogP contribution in [0.25, 0.3) is 5.57 Å². The van der Waals surface area contributed by atoms with Gasteiger partial charge in [0.1, 0.15) is 5.71 Å². The van der Waals surface area contributed by atoms with Gasteiger partial charge >= 0.3 is 6.97 Å². The Balaban J connectivity index is 2.22. The van der Waals surface area contributed by atoms with Gasteiger partial charge in [-0.15, -0.1) is 11.3 Å². The third kappa shape index (κ3) is 1.88. The Labute approximate surface area is 152 Å². The molecule has 0 saturated carbocycles. The molecule has 0 unspecified atom stereocenters. The SMILES string of the molecule is CC1=CC(C)=[N+]2C1=C(c1sccc1Br)c1c(C)cc(C)n1[B-]2(F)F. The predicted octanol–water partition coefficient (Wildman–Crippen LogP) is 5.36. The Bertz CT molecular complexity index is 994. The van der Waals surface area contributed by atoms with Crippen LogP contribution >= 0.6 is 27.3 Å². The molecule has 24 heavy (non-hydrogen) atoms. The number of hydrogen-bond donors (Lipinski definition) is 0. The van der Waals surface area contributed by atoms with Gasteiger partial charge in [-0.05, 0) is 65.5 Å². The minimum atomic E-state index is -3.90. The molecule has 7 heteroatoms. The molecule has 0 fully saturated rings. The molecule has 2 aliphatic heterocycles. The van der Waals surface area contributed by atoms with E-state index in [1.54, 1.807) is 25.2 Å². The van der Waals surface area contributed by atoms with Crippen molar-refractivity contribution < 1.29 is 13.1 Å². The average Bonchev–Trinajstić information content (AvgIpc) is 3.10. The minimum absolute atomic E-state index is 0.592. The van der Waals surface area contributed by atoms with Gasteiger partial charge in [-0.2, -0.15) is 0 Å². The van der Waals surface area contributed by atoms with Crippen LogP contribution in [-0.2, 0) is 0 Å². The summed E-state index contributed by atoms with van der Waals surface area (Å²) in [5.74, 6) is 0. The van der Waals surface area contributed by atoms with Crippen LogP contribution in [-0.4, -0.2) is 21.6 Å². The van der Waals surface area contributed by atoms with Gasteiger partial charge in [0.15, 0.2) is 5.70 Å². The number of thiophene rings is 1. The van der Waals surface area contributed by atoms with Gasteiger partial charge in [0.2, 0.25) is 0 Å². The first-order chi connectivity index (χ1) is 11.2. The molecule has 0 aliphatic carbocycles. The predicted molar refractivity (Wildman–Crippen MR) is 100 cm³/mol. The smallest absolute Gasteiger partial charge is 0.393 e. The zero-order chi connectivity index (χ0) is 17.4. The number of allylic oxidation sites excluding steroid dienone is 2. The number of rotatable bonds is 1. The molecule has 0 bridgehead atoms. The molecular weight excluding hydrogens is 393 g/mol. The monoisotopic (exact) mass is 408 g/mol. The van der Waals surface area contributed by atoms with E-state index < -0.39 is 6.97 Å². The molecule has 0 radical (unpaired) electrons. The van der Waals surface area contributed by atoms with E-state index >= 15 is 8.63 Å². The zero-order valence-corrected chi connectivity index (χ0v) is 16.2. The summed E-state index contributed by atoms with van der Waals surface area (Å²) in [7, 11) is 0. The van der Waals surface area contributed by atoms with Crippen LogP contribution in [0.1, 0.15) is 35.7 Å². The summed E-state index contributed by atoms with van der Waals surface area (Å²) < 4.78 is 34.2. The van der Waals surface area contributed by atoms with Crippen molar-refractivity contribution in [3.63, 3.8) is 0 Å². The summed E-state index contributed by atoms with van der Waals surface area (Å²) in [6, 6.07) is 3.82. The molecule has 124 valence electrons. The fourth-order valence-electron chi connectivity index (χ4n) is 3.99. The molecule has 4 rings (SSSR count). The van der Waals surface area contributed by atoms with Crippen molar-refractivity contribution in [2.45, 2.75) is 27.7 Å². The summed E-state index contributed by atoms with van der Waals surface area (Å²) in [4.78, 5) is 0.992. The summed E-state index contributed by atoms with van der Waals surface area (Å²) in [5, 5.41) is 1.98. The fraction of sp³-hybridized carbons (Fsp3) is 0.235. The lowest BCUT2D eigenvalue weighted by Gasteiger charge is -2.33. The third-order valence-corrected chi connectivity index (χ3v) is 6.63.